The van der Waals surface area contributed by atoms with Gasteiger partial charge in [0.15, 0.2) is 6.61 Å². The summed E-state index contributed by atoms with van der Waals surface area (Å²) in [5, 5.41) is 3.05. The smallest absolute Gasteiger partial charge is 0.258 e. The lowest BCUT2D eigenvalue weighted by molar-refractivity contribution is -0.123. The van der Waals surface area contributed by atoms with Crippen molar-refractivity contribution in [1.29, 1.82) is 0 Å². The van der Waals surface area contributed by atoms with E-state index in [9.17, 15) is 4.79 Å². The van der Waals surface area contributed by atoms with Gasteiger partial charge in [0.2, 0.25) is 0 Å². The van der Waals surface area contributed by atoms with E-state index in [1.165, 1.54) is 5.56 Å². The number of para-hydroxylation sites is 2. The summed E-state index contributed by atoms with van der Waals surface area (Å²) in [6, 6.07) is 22.1. The molecule has 3 aromatic carbocycles. The first-order chi connectivity index (χ1) is 17.8. The first kappa shape index (κ1) is 26.3. The van der Waals surface area contributed by atoms with Crippen LogP contribution in [0.3, 0.4) is 0 Å². The van der Waals surface area contributed by atoms with Crippen molar-refractivity contribution in [3.05, 3.63) is 89.2 Å². The predicted molar refractivity (Wildman–Crippen MR) is 148 cm³/mol. The number of nitrogens with zero attached hydrogens (tertiary/aromatic N) is 2. The first-order valence-electron chi connectivity index (χ1n) is 13.0. The fourth-order valence-corrected chi connectivity index (χ4v) is 4.38. The lowest BCUT2D eigenvalue weighted by Crippen LogP contribution is -2.32. The Kier molecular flexibility index (Phi) is 8.49. The van der Waals surface area contributed by atoms with Crippen molar-refractivity contribution < 1.29 is 14.3 Å². The van der Waals surface area contributed by atoms with Gasteiger partial charge >= 0.3 is 0 Å². The van der Waals surface area contributed by atoms with E-state index in [0.29, 0.717) is 12.5 Å². The van der Waals surface area contributed by atoms with E-state index in [1.807, 2.05) is 69.3 Å². The van der Waals surface area contributed by atoms with Crippen LogP contribution >= 0.6 is 0 Å². The van der Waals surface area contributed by atoms with Crippen LogP contribution in [-0.2, 0) is 11.3 Å². The topological polar surface area (TPSA) is 65.4 Å². The van der Waals surface area contributed by atoms with E-state index in [4.69, 9.17) is 14.5 Å². The summed E-state index contributed by atoms with van der Waals surface area (Å²) in [4.78, 5) is 17.6. The summed E-state index contributed by atoms with van der Waals surface area (Å²) >= 11 is 0. The van der Waals surface area contributed by atoms with Crippen LogP contribution in [0.2, 0.25) is 0 Å². The number of aromatic nitrogens is 2. The summed E-state index contributed by atoms with van der Waals surface area (Å²) < 4.78 is 14.0. The fourth-order valence-electron chi connectivity index (χ4n) is 4.38. The van der Waals surface area contributed by atoms with Gasteiger partial charge in [-0.3, -0.25) is 4.79 Å². The molecule has 1 amide bonds. The average Bonchev–Trinajstić information content (AvgIpc) is 3.26. The maximum atomic E-state index is 12.7. The number of nitrogens with one attached hydrogen (secondary N) is 1. The van der Waals surface area contributed by atoms with E-state index in [0.717, 1.165) is 52.4 Å². The number of aryl methyl sites for hydroxylation is 3. The highest BCUT2D eigenvalue weighted by molar-refractivity contribution is 5.79. The maximum Gasteiger partial charge on any atom is 0.258 e. The number of amides is 1. The van der Waals surface area contributed by atoms with Crippen molar-refractivity contribution >= 4 is 16.9 Å². The standard InChI is InChI=1S/C31H37N3O3/c1-21(2)25-13-15-26(16-14-25)36-18-8-17-34-28-10-7-6-9-27(28)33-31(34)24(5)32-30(35)20-37-29-19-22(3)11-12-23(29)4/h6-7,9-16,19,21,24H,8,17-18,20H2,1-5H3,(H,32,35). The Morgan fingerprint density at radius 2 is 1.73 bits per heavy atom. The van der Waals surface area contributed by atoms with Crippen LogP contribution in [0.4, 0.5) is 0 Å². The third-order valence-corrected chi connectivity index (χ3v) is 6.49. The van der Waals surface area contributed by atoms with Gasteiger partial charge < -0.3 is 19.4 Å². The summed E-state index contributed by atoms with van der Waals surface area (Å²) in [7, 11) is 0. The van der Waals surface area contributed by atoms with Crippen molar-refractivity contribution in [1.82, 2.24) is 14.9 Å². The zero-order chi connectivity index (χ0) is 26.4. The Labute approximate surface area is 219 Å². The van der Waals surface area contributed by atoms with Crippen LogP contribution in [-0.4, -0.2) is 28.7 Å². The molecular formula is C31H37N3O3. The molecular weight excluding hydrogens is 462 g/mol. The molecule has 4 rings (SSSR count). The lowest BCUT2D eigenvalue weighted by atomic mass is 10.0. The molecule has 4 aromatic rings. The number of ether oxygens (including phenoxy) is 2. The number of carbonyl (C=O) groups excluding carboxylic acids is 1. The van der Waals surface area contributed by atoms with Gasteiger partial charge in [0.25, 0.3) is 5.91 Å². The number of hydrogen-bond donors (Lipinski definition) is 1. The van der Waals surface area contributed by atoms with Gasteiger partial charge in [-0.2, -0.15) is 0 Å². The van der Waals surface area contributed by atoms with Gasteiger partial charge in [0.1, 0.15) is 17.3 Å². The molecule has 0 aliphatic rings. The summed E-state index contributed by atoms with van der Waals surface area (Å²) in [5.74, 6) is 2.75. The average molecular weight is 500 g/mol. The Hall–Kier alpha value is -3.80. The van der Waals surface area contributed by atoms with Crippen molar-refractivity contribution in [2.24, 2.45) is 0 Å². The monoisotopic (exact) mass is 499 g/mol. The van der Waals surface area contributed by atoms with Gasteiger partial charge in [-0.1, -0.05) is 50.2 Å². The molecule has 0 saturated carbocycles. The molecule has 0 aliphatic carbocycles. The minimum Gasteiger partial charge on any atom is -0.494 e. The van der Waals surface area contributed by atoms with E-state index in [1.54, 1.807) is 0 Å². The van der Waals surface area contributed by atoms with Crippen LogP contribution in [0.15, 0.2) is 66.7 Å². The highest BCUT2D eigenvalue weighted by Crippen LogP contribution is 2.23. The third-order valence-electron chi connectivity index (χ3n) is 6.49. The summed E-state index contributed by atoms with van der Waals surface area (Å²) in [6.45, 7) is 11.6. The molecule has 6 nitrogen and oxygen atoms in total. The van der Waals surface area contributed by atoms with E-state index in [2.05, 4.69) is 41.9 Å². The number of rotatable bonds is 11. The summed E-state index contributed by atoms with van der Waals surface area (Å²) in [5.41, 5.74) is 5.37. The molecule has 0 bridgehead atoms. The first-order valence-corrected chi connectivity index (χ1v) is 13.0. The summed E-state index contributed by atoms with van der Waals surface area (Å²) in [6.07, 6.45) is 0.815. The SMILES string of the molecule is Cc1ccc(C)c(OCC(=O)NC(C)c2nc3ccccc3n2CCCOc2ccc(C(C)C)cc2)c1. The number of imidazole rings is 1. The normalized spacial score (nSPS) is 12.1. The fraction of sp³-hybridized carbons (Fsp3) is 0.355. The number of benzene rings is 3. The number of carbonyl (C=O) groups is 1. The third kappa shape index (κ3) is 6.70. The zero-order valence-corrected chi connectivity index (χ0v) is 22.5. The highest BCUT2D eigenvalue weighted by Gasteiger charge is 2.19. The van der Waals surface area contributed by atoms with E-state index in [-0.39, 0.29) is 18.6 Å². The Morgan fingerprint density at radius 1 is 0.973 bits per heavy atom. The van der Waals surface area contributed by atoms with Gasteiger partial charge in [0.05, 0.1) is 23.7 Å². The van der Waals surface area contributed by atoms with Crippen molar-refractivity contribution in [3.8, 4) is 11.5 Å². The van der Waals surface area contributed by atoms with Crippen LogP contribution in [0.25, 0.3) is 11.0 Å². The molecule has 0 saturated heterocycles. The molecule has 6 heteroatoms. The van der Waals surface area contributed by atoms with Crippen LogP contribution in [0.5, 0.6) is 11.5 Å². The van der Waals surface area contributed by atoms with Crippen LogP contribution < -0.4 is 14.8 Å². The largest absolute Gasteiger partial charge is 0.494 e. The highest BCUT2D eigenvalue weighted by atomic mass is 16.5. The van der Waals surface area contributed by atoms with Crippen LogP contribution in [0.1, 0.15) is 61.7 Å². The van der Waals surface area contributed by atoms with Gasteiger partial charge in [-0.25, -0.2) is 4.98 Å². The molecule has 1 unspecified atom stereocenters. The quantitative estimate of drug-likeness (QED) is 0.239. The molecule has 194 valence electrons. The predicted octanol–water partition coefficient (Wildman–Crippen LogP) is 6.50. The second-order valence-corrected chi connectivity index (χ2v) is 9.88. The number of hydrogen-bond acceptors (Lipinski definition) is 4. The van der Waals surface area contributed by atoms with E-state index < -0.39 is 0 Å². The molecule has 0 aliphatic heterocycles. The molecule has 1 aromatic heterocycles. The Morgan fingerprint density at radius 3 is 2.49 bits per heavy atom. The van der Waals surface area contributed by atoms with Crippen molar-refractivity contribution in [2.45, 2.75) is 59.5 Å². The van der Waals surface area contributed by atoms with Crippen molar-refractivity contribution in [3.63, 3.8) is 0 Å². The maximum absolute atomic E-state index is 12.7. The molecule has 37 heavy (non-hydrogen) atoms. The van der Waals surface area contributed by atoms with Crippen LogP contribution in [0, 0.1) is 13.8 Å². The minimum absolute atomic E-state index is 0.0434. The Balaban J connectivity index is 1.38. The molecule has 0 radical (unpaired) electrons. The molecule has 0 fully saturated rings. The van der Waals surface area contributed by atoms with Gasteiger partial charge in [-0.05, 0) is 80.1 Å². The lowest BCUT2D eigenvalue weighted by Gasteiger charge is -2.17. The van der Waals surface area contributed by atoms with Gasteiger partial charge in [-0.15, -0.1) is 0 Å². The second kappa shape index (κ2) is 12.0. The molecule has 1 heterocycles. The zero-order valence-electron chi connectivity index (χ0n) is 22.5. The van der Waals surface area contributed by atoms with E-state index >= 15 is 0 Å². The second-order valence-electron chi connectivity index (χ2n) is 9.88. The molecule has 1 atom stereocenters. The Bertz CT molecular complexity index is 1340. The van der Waals surface area contributed by atoms with Crippen molar-refractivity contribution in [2.75, 3.05) is 13.2 Å². The molecule has 1 N–H and O–H groups in total. The number of fused-ring (bicyclic) bond motifs is 1. The minimum atomic E-state index is -0.272. The van der Waals surface area contributed by atoms with Gasteiger partial charge in [0, 0.05) is 6.54 Å². The molecule has 0 spiro atoms.